The fourth-order valence-electron chi connectivity index (χ4n) is 6.82. The highest BCUT2D eigenvalue weighted by Gasteiger charge is 2.36. The lowest BCUT2D eigenvalue weighted by molar-refractivity contribution is 0.463. The van der Waals surface area contributed by atoms with Gasteiger partial charge in [-0.1, -0.05) is 110 Å². The number of aryl methyl sites for hydroxylation is 2. The highest BCUT2D eigenvalue weighted by atomic mass is 28.4. The van der Waals surface area contributed by atoms with Crippen LogP contribution in [0.25, 0.3) is 55.6 Å². The zero-order valence-electron chi connectivity index (χ0n) is 29.9. The summed E-state index contributed by atoms with van der Waals surface area (Å²) in [5, 5.41) is 0.969. The van der Waals surface area contributed by atoms with Crippen LogP contribution in [-0.2, 0) is 6.37 Å². The van der Waals surface area contributed by atoms with E-state index in [1.807, 2.05) is 72.8 Å². The van der Waals surface area contributed by atoms with E-state index in [4.69, 9.17) is 16.0 Å². The van der Waals surface area contributed by atoms with Crippen molar-refractivity contribution in [1.82, 2.24) is 0 Å². The number of benzene rings is 6. The summed E-state index contributed by atoms with van der Waals surface area (Å²) in [6.45, 7) is 3.15. The first-order chi connectivity index (χ1) is 23.3. The summed E-state index contributed by atoms with van der Waals surface area (Å²) in [6, 6.07) is 39.6. The quantitative estimate of drug-likeness (QED) is 0.186. The van der Waals surface area contributed by atoms with Gasteiger partial charge in [-0.15, -0.1) is 0 Å². The van der Waals surface area contributed by atoms with Crippen LogP contribution in [0, 0.1) is 6.85 Å². The third-order valence-corrected chi connectivity index (χ3v) is 11.3. The number of hydrogen-bond acceptors (Lipinski definition) is 2. The van der Waals surface area contributed by atoms with Crippen LogP contribution < -0.4 is 14.3 Å². The Kier molecular flexibility index (Phi) is 5.00. The van der Waals surface area contributed by atoms with E-state index in [1.54, 1.807) is 18.2 Å². The van der Waals surface area contributed by atoms with Gasteiger partial charge in [0.05, 0.1) is 0 Å². The van der Waals surface area contributed by atoms with Crippen molar-refractivity contribution >= 4 is 13.5 Å². The summed E-state index contributed by atoms with van der Waals surface area (Å²) in [6.07, 6.45) is -1.84. The summed E-state index contributed by atoms with van der Waals surface area (Å²) in [7, 11) is -2.54. The second-order valence-electron chi connectivity index (χ2n) is 11.9. The van der Waals surface area contributed by atoms with Crippen LogP contribution in [0.15, 0.2) is 121 Å². The van der Waals surface area contributed by atoms with Crippen molar-refractivity contribution in [2.24, 2.45) is 0 Å². The van der Waals surface area contributed by atoms with Crippen molar-refractivity contribution in [3.8, 4) is 72.9 Å². The molecule has 214 valence electrons. The molecule has 2 aliphatic rings. The Labute approximate surface area is 267 Å². The highest BCUT2D eigenvalue weighted by molar-refractivity contribution is 6.85. The Morgan fingerprint density at radius 2 is 1.11 bits per heavy atom. The molecule has 0 atom stereocenters. The van der Waals surface area contributed by atoms with Gasteiger partial charge in [-0.25, -0.2) is 0 Å². The molecule has 2 nitrogen and oxygen atoms in total. The smallest absolute Gasteiger partial charge is 0.280 e. The molecule has 0 N–H and O–H groups in total. The Hall–Kier alpha value is -4.86. The minimum Gasteiger partial charge on any atom is -0.537 e. The van der Waals surface area contributed by atoms with E-state index in [0.717, 1.165) is 49.7 Å². The van der Waals surface area contributed by atoms with Crippen molar-refractivity contribution in [1.29, 1.82) is 0 Å². The van der Waals surface area contributed by atoms with Crippen LogP contribution in [0.5, 0.6) is 17.2 Å². The normalized spacial score (nSPS) is 15.9. The van der Waals surface area contributed by atoms with Crippen LogP contribution in [0.3, 0.4) is 0 Å². The van der Waals surface area contributed by atoms with Crippen molar-refractivity contribution in [3.63, 3.8) is 0 Å². The Balaban J connectivity index is 1.52. The molecular formula is C41H34O2Si. The van der Waals surface area contributed by atoms with E-state index < -0.39 is 21.5 Å². The second-order valence-corrected chi connectivity index (χ2v) is 15.6. The second kappa shape index (κ2) is 10.1. The molecule has 0 unspecified atom stereocenters. The number of ether oxygens (including phenoxy) is 1. The average molecular weight is 592 g/mol. The van der Waals surface area contributed by atoms with Gasteiger partial charge in [0.1, 0.15) is 11.5 Å². The highest BCUT2D eigenvalue weighted by Crippen LogP contribution is 2.52. The lowest BCUT2D eigenvalue weighted by Gasteiger charge is -2.26. The number of hydrogen-bond donors (Lipinski definition) is 0. The molecule has 0 bridgehead atoms. The molecule has 1 aliphatic carbocycles. The first kappa shape index (κ1) is 21.8. The Bertz CT molecular complexity index is 2300. The van der Waals surface area contributed by atoms with Gasteiger partial charge in [0.2, 0.25) is 0 Å². The Morgan fingerprint density at radius 1 is 0.591 bits per heavy atom. The lowest BCUT2D eigenvalue weighted by atomic mass is 9.79. The zero-order chi connectivity index (χ0) is 34.3. The molecule has 0 radical (unpaired) electrons. The van der Waals surface area contributed by atoms with Gasteiger partial charge < -0.3 is 9.16 Å². The summed E-state index contributed by atoms with van der Waals surface area (Å²) in [5.41, 5.74) is 8.93. The van der Waals surface area contributed by atoms with E-state index in [0.29, 0.717) is 33.9 Å². The first-order valence-electron chi connectivity index (χ1n) is 17.4. The predicted octanol–water partition coefficient (Wildman–Crippen LogP) is 10.8. The zero-order valence-corrected chi connectivity index (χ0v) is 25.9. The van der Waals surface area contributed by atoms with Gasteiger partial charge >= 0.3 is 0 Å². The maximum absolute atomic E-state index is 8.97. The summed E-state index contributed by atoms with van der Waals surface area (Å²) >= 11 is 0. The molecule has 44 heavy (non-hydrogen) atoms. The fourth-order valence-corrected chi connectivity index (χ4v) is 8.87. The average Bonchev–Trinajstić information content (AvgIpc) is 3.18. The molecule has 0 saturated carbocycles. The predicted molar refractivity (Wildman–Crippen MR) is 186 cm³/mol. The first-order valence-corrected chi connectivity index (χ1v) is 17.8. The van der Waals surface area contributed by atoms with Gasteiger partial charge in [0, 0.05) is 17.6 Å². The van der Waals surface area contributed by atoms with Gasteiger partial charge in [-0.05, 0) is 106 Å². The molecule has 1 aliphatic heterocycles. The van der Waals surface area contributed by atoms with Gasteiger partial charge in [-0.3, -0.25) is 0 Å². The maximum Gasteiger partial charge on any atom is 0.280 e. The van der Waals surface area contributed by atoms with E-state index in [2.05, 4.69) is 43.4 Å². The van der Waals surface area contributed by atoms with Crippen LogP contribution in [0.1, 0.15) is 24.9 Å². The molecule has 0 fully saturated rings. The van der Waals surface area contributed by atoms with E-state index in [-0.39, 0.29) is 5.56 Å². The molecule has 1 heterocycles. The number of para-hydroxylation sites is 1. The van der Waals surface area contributed by atoms with Crippen LogP contribution in [0.4, 0.5) is 0 Å². The van der Waals surface area contributed by atoms with Gasteiger partial charge in [0.15, 0.2) is 5.75 Å². The van der Waals surface area contributed by atoms with Gasteiger partial charge in [-0.2, -0.15) is 0 Å². The molecule has 6 aromatic rings. The van der Waals surface area contributed by atoms with E-state index >= 15 is 0 Å². The lowest BCUT2D eigenvalue weighted by Crippen LogP contribution is -2.47. The molecule has 6 aromatic carbocycles. The molecule has 0 amide bonds. The van der Waals surface area contributed by atoms with Crippen LogP contribution >= 0.6 is 0 Å². The standard InChI is InChI=1S/C41H34O2Si/c1-5-27-22-23-38-41(42-37-20-12-13-21-39(37)44(3,4)43-38)40(27)34-25-36-33-19-11-9-17-31(33)29-15-7-6-14-28(29)30-16-8-10-18-32(30)35(36)24-26(34)2/h6-25H,5H2,1-4H3/i2D3,5D2. The fraction of sp³-hybridized carbons (Fsp3) is 0.122. The third-order valence-electron chi connectivity index (χ3n) is 8.87. The SMILES string of the molecule is [2H]C([2H])([2H])c1cc2c(cc1-c1c(C([2H])([2H])C)ccc3c1Oc1ccccc1[Si](C)(C)O3)-c1ccccc1-c1ccccc1-c1ccccc1-2. The Morgan fingerprint density at radius 3 is 1.68 bits per heavy atom. The topological polar surface area (TPSA) is 18.5 Å². The molecule has 0 spiro atoms. The van der Waals surface area contributed by atoms with Crippen LogP contribution in [-0.4, -0.2) is 8.32 Å². The minimum absolute atomic E-state index is 0.115. The van der Waals surface area contributed by atoms with Crippen LogP contribution in [0.2, 0.25) is 13.1 Å². The summed E-state index contributed by atoms with van der Waals surface area (Å²) in [5.74, 6) is 1.42. The maximum atomic E-state index is 8.97. The summed E-state index contributed by atoms with van der Waals surface area (Å²) in [4.78, 5) is 0. The summed E-state index contributed by atoms with van der Waals surface area (Å²) < 4.78 is 58.1. The minimum atomic E-state index is -2.54. The molecule has 0 aromatic heterocycles. The van der Waals surface area contributed by atoms with Crippen molar-refractivity contribution < 1.29 is 16.0 Å². The van der Waals surface area contributed by atoms with Crippen molar-refractivity contribution in [3.05, 3.63) is 132 Å². The molecule has 8 rings (SSSR count). The largest absolute Gasteiger partial charge is 0.537 e. The molecule has 0 saturated heterocycles. The van der Waals surface area contributed by atoms with E-state index in [1.165, 1.54) is 6.92 Å². The van der Waals surface area contributed by atoms with Crippen molar-refractivity contribution in [2.75, 3.05) is 0 Å². The molecular weight excluding hydrogens is 553 g/mol. The third kappa shape index (κ3) is 4.07. The number of rotatable bonds is 2. The van der Waals surface area contributed by atoms with Crippen molar-refractivity contribution in [2.45, 2.75) is 33.2 Å². The van der Waals surface area contributed by atoms with Gasteiger partial charge in [0.25, 0.3) is 8.32 Å². The monoisotopic (exact) mass is 591 g/mol. The van der Waals surface area contributed by atoms with E-state index in [9.17, 15) is 0 Å². The molecule has 3 heteroatoms. The number of fused-ring (bicyclic) bond motifs is 10.